The molecule has 0 saturated carbocycles. The first-order chi connectivity index (χ1) is 11.9. The molecule has 7 nitrogen and oxygen atoms in total. The highest BCUT2D eigenvalue weighted by Gasteiger charge is 2.09. The minimum absolute atomic E-state index is 0.0766. The number of nitrogens with two attached hydrogens (primary N) is 1. The molecule has 0 aliphatic carbocycles. The summed E-state index contributed by atoms with van der Waals surface area (Å²) in [7, 11) is 0. The summed E-state index contributed by atoms with van der Waals surface area (Å²) in [6, 6.07) is 8.87. The number of ether oxygens (including phenoxy) is 1. The Hall–Kier alpha value is -3.06. The van der Waals surface area contributed by atoms with Gasteiger partial charge in [-0.05, 0) is 48.9 Å². The summed E-state index contributed by atoms with van der Waals surface area (Å²) in [6.45, 7) is 2.67. The molecule has 0 saturated heterocycles. The molecule has 2 aromatic rings. The zero-order chi connectivity index (χ0) is 18.4. The Balaban J connectivity index is 1.77. The van der Waals surface area contributed by atoms with Crippen molar-refractivity contribution < 1.29 is 24.5 Å². The first-order valence-corrected chi connectivity index (χ1v) is 7.67. The number of benzene rings is 2. The van der Waals surface area contributed by atoms with E-state index in [4.69, 9.17) is 10.5 Å². The van der Waals surface area contributed by atoms with Crippen LogP contribution >= 0.6 is 0 Å². The third-order valence-electron chi connectivity index (χ3n) is 3.58. The van der Waals surface area contributed by atoms with E-state index in [1.807, 2.05) is 6.92 Å². The fourth-order valence-corrected chi connectivity index (χ4v) is 2.20. The van der Waals surface area contributed by atoms with Crippen molar-refractivity contribution in [3.63, 3.8) is 0 Å². The van der Waals surface area contributed by atoms with E-state index in [0.717, 1.165) is 5.56 Å². The number of phenolic OH excluding ortho intramolecular Hbond substituents is 2. The number of primary amides is 1. The van der Waals surface area contributed by atoms with Gasteiger partial charge in [0.25, 0.3) is 0 Å². The van der Waals surface area contributed by atoms with E-state index in [1.165, 1.54) is 18.2 Å². The molecule has 0 fully saturated rings. The molecule has 0 heterocycles. The summed E-state index contributed by atoms with van der Waals surface area (Å²) in [6.07, 6.45) is 0. The predicted octanol–water partition coefficient (Wildman–Crippen LogP) is 1.36. The van der Waals surface area contributed by atoms with E-state index in [0.29, 0.717) is 30.0 Å². The number of Topliss-reactive ketones (excluding diaryl/α,β-unsaturated/α-hetero) is 1. The maximum Gasteiger partial charge on any atom is 0.248 e. The lowest BCUT2D eigenvalue weighted by Gasteiger charge is -2.10. The number of aryl methyl sites for hydroxylation is 1. The summed E-state index contributed by atoms with van der Waals surface area (Å²) < 4.78 is 5.59. The van der Waals surface area contributed by atoms with E-state index in [1.54, 1.807) is 18.2 Å². The molecule has 0 aliphatic heterocycles. The van der Waals surface area contributed by atoms with Crippen LogP contribution < -0.4 is 15.8 Å². The number of hydrogen-bond acceptors (Lipinski definition) is 6. The van der Waals surface area contributed by atoms with Crippen LogP contribution in [0, 0.1) is 6.92 Å². The van der Waals surface area contributed by atoms with Gasteiger partial charge >= 0.3 is 0 Å². The van der Waals surface area contributed by atoms with Gasteiger partial charge in [0.05, 0.1) is 6.54 Å². The number of nitrogens with one attached hydrogen (secondary N) is 1. The molecule has 2 rings (SSSR count). The average molecular weight is 344 g/mol. The highest BCUT2D eigenvalue weighted by Crippen LogP contribution is 2.24. The van der Waals surface area contributed by atoms with E-state index in [2.05, 4.69) is 5.32 Å². The summed E-state index contributed by atoms with van der Waals surface area (Å²) in [5, 5.41) is 21.6. The minimum Gasteiger partial charge on any atom is -0.504 e. The van der Waals surface area contributed by atoms with Crippen molar-refractivity contribution in [3.05, 3.63) is 53.1 Å². The standard InChI is InChI=1S/C18H20N2O5/c1-11-8-13(18(19)24)3-5-17(11)25-7-6-20-10-16(23)12-2-4-14(21)15(22)9-12/h2-5,8-9,20-22H,6-7,10H2,1H3,(H2,19,24). The van der Waals surface area contributed by atoms with E-state index >= 15 is 0 Å². The first kappa shape index (κ1) is 18.3. The van der Waals surface area contributed by atoms with Gasteiger partial charge in [-0.15, -0.1) is 0 Å². The van der Waals surface area contributed by atoms with Crippen LogP contribution in [0.1, 0.15) is 26.3 Å². The van der Waals surface area contributed by atoms with Crippen LogP contribution in [0.3, 0.4) is 0 Å². The molecular weight excluding hydrogens is 324 g/mol. The molecule has 0 unspecified atom stereocenters. The third-order valence-corrected chi connectivity index (χ3v) is 3.58. The topological polar surface area (TPSA) is 122 Å². The Labute approximate surface area is 145 Å². The molecule has 0 aliphatic rings. The maximum absolute atomic E-state index is 12.0. The Morgan fingerprint density at radius 2 is 1.80 bits per heavy atom. The van der Waals surface area contributed by atoms with Crippen molar-refractivity contribution in [2.75, 3.05) is 19.7 Å². The number of carbonyl (C=O) groups excluding carboxylic acids is 2. The molecular formula is C18H20N2O5. The van der Waals surface area contributed by atoms with Crippen LogP contribution in [-0.2, 0) is 0 Å². The van der Waals surface area contributed by atoms with Crippen LogP contribution in [0.15, 0.2) is 36.4 Å². The molecule has 25 heavy (non-hydrogen) atoms. The van der Waals surface area contributed by atoms with Gasteiger partial charge < -0.3 is 26.0 Å². The van der Waals surface area contributed by atoms with Gasteiger partial charge in [0.2, 0.25) is 5.91 Å². The van der Waals surface area contributed by atoms with Crippen LogP contribution in [0.5, 0.6) is 17.2 Å². The fraction of sp³-hybridized carbons (Fsp3) is 0.222. The lowest BCUT2D eigenvalue weighted by Crippen LogP contribution is -2.27. The fourth-order valence-electron chi connectivity index (χ4n) is 2.20. The van der Waals surface area contributed by atoms with Crippen molar-refractivity contribution in [1.82, 2.24) is 5.32 Å². The Morgan fingerprint density at radius 1 is 1.08 bits per heavy atom. The quantitative estimate of drug-likeness (QED) is 0.326. The van der Waals surface area contributed by atoms with E-state index < -0.39 is 5.91 Å². The summed E-state index contributed by atoms with van der Waals surface area (Å²) >= 11 is 0. The molecule has 0 aromatic heterocycles. The summed E-state index contributed by atoms with van der Waals surface area (Å²) in [5.74, 6) is -0.659. The maximum atomic E-state index is 12.0. The van der Waals surface area contributed by atoms with Crippen molar-refractivity contribution in [3.8, 4) is 17.2 Å². The number of rotatable bonds is 8. The van der Waals surface area contributed by atoms with Crippen LogP contribution in [-0.4, -0.2) is 41.6 Å². The van der Waals surface area contributed by atoms with Gasteiger partial charge in [-0.1, -0.05) is 0 Å². The average Bonchev–Trinajstić information content (AvgIpc) is 2.57. The molecule has 0 spiro atoms. The predicted molar refractivity (Wildman–Crippen MR) is 92.2 cm³/mol. The first-order valence-electron chi connectivity index (χ1n) is 7.67. The van der Waals surface area contributed by atoms with Crippen molar-refractivity contribution in [2.24, 2.45) is 5.73 Å². The highest BCUT2D eigenvalue weighted by atomic mass is 16.5. The van der Waals surface area contributed by atoms with Gasteiger partial charge in [0.1, 0.15) is 12.4 Å². The zero-order valence-electron chi connectivity index (χ0n) is 13.8. The van der Waals surface area contributed by atoms with E-state index in [9.17, 15) is 19.8 Å². The van der Waals surface area contributed by atoms with Gasteiger partial charge in [0, 0.05) is 17.7 Å². The normalized spacial score (nSPS) is 10.4. The molecule has 7 heteroatoms. The Kier molecular flexibility index (Phi) is 5.97. The zero-order valence-corrected chi connectivity index (χ0v) is 13.8. The van der Waals surface area contributed by atoms with Gasteiger partial charge in [-0.25, -0.2) is 0 Å². The molecule has 132 valence electrons. The smallest absolute Gasteiger partial charge is 0.248 e. The van der Waals surface area contributed by atoms with Crippen molar-refractivity contribution in [1.29, 1.82) is 0 Å². The van der Waals surface area contributed by atoms with Crippen molar-refractivity contribution in [2.45, 2.75) is 6.92 Å². The van der Waals surface area contributed by atoms with Crippen LogP contribution in [0.25, 0.3) is 0 Å². The number of amides is 1. The second kappa shape index (κ2) is 8.16. The molecule has 0 radical (unpaired) electrons. The van der Waals surface area contributed by atoms with Crippen molar-refractivity contribution >= 4 is 11.7 Å². The van der Waals surface area contributed by atoms with Crippen LogP contribution in [0.4, 0.5) is 0 Å². The second-order valence-electron chi connectivity index (χ2n) is 5.50. The van der Waals surface area contributed by atoms with E-state index in [-0.39, 0.29) is 23.8 Å². The summed E-state index contributed by atoms with van der Waals surface area (Å²) in [5.41, 5.74) is 6.74. The molecule has 2 aromatic carbocycles. The lowest BCUT2D eigenvalue weighted by molar-refractivity contribution is 0.0985. The highest BCUT2D eigenvalue weighted by molar-refractivity contribution is 5.98. The number of carbonyl (C=O) groups is 2. The summed E-state index contributed by atoms with van der Waals surface area (Å²) in [4.78, 5) is 23.1. The molecule has 5 N–H and O–H groups in total. The largest absolute Gasteiger partial charge is 0.504 e. The van der Waals surface area contributed by atoms with Gasteiger partial charge in [0.15, 0.2) is 17.3 Å². The number of hydrogen-bond donors (Lipinski definition) is 4. The SMILES string of the molecule is Cc1cc(C(N)=O)ccc1OCCNCC(=O)c1ccc(O)c(O)c1. The van der Waals surface area contributed by atoms with Crippen LogP contribution in [0.2, 0.25) is 0 Å². The third kappa shape index (κ3) is 4.95. The number of phenols is 2. The molecule has 1 amide bonds. The number of ketones is 1. The minimum atomic E-state index is -0.491. The monoisotopic (exact) mass is 344 g/mol. The lowest BCUT2D eigenvalue weighted by atomic mass is 10.1. The second-order valence-corrected chi connectivity index (χ2v) is 5.50. The Morgan fingerprint density at radius 3 is 2.44 bits per heavy atom. The number of aromatic hydroxyl groups is 2. The molecule has 0 bridgehead atoms. The molecule has 0 atom stereocenters. The van der Waals surface area contributed by atoms with Gasteiger partial charge in [-0.2, -0.15) is 0 Å². The Bertz CT molecular complexity index is 789. The van der Waals surface area contributed by atoms with Gasteiger partial charge in [-0.3, -0.25) is 9.59 Å².